The fourth-order valence-electron chi connectivity index (χ4n) is 3.95. The number of carboxylic acid groups (broad SMARTS) is 1. The van der Waals surface area contributed by atoms with Gasteiger partial charge in [0.15, 0.2) is 11.5 Å². The minimum Gasteiger partial charge on any atom is -0.486 e. The zero-order valence-electron chi connectivity index (χ0n) is 17.9. The summed E-state index contributed by atoms with van der Waals surface area (Å²) in [6.45, 7) is -2.59. The van der Waals surface area contributed by atoms with E-state index in [0.29, 0.717) is 17.9 Å². The molecule has 3 aromatic rings. The lowest BCUT2D eigenvalue weighted by atomic mass is 10.1. The number of hydrogen-bond acceptors (Lipinski definition) is 5. The van der Waals surface area contributed by atoms with E-state index in [1.807, 2.05) is 17.0 Å². The summed E-state index contributed by atoms with van der Waals surface area (Å²) in [6.07, 6.45) is 7.12. The quantitative estimate of drug-likeness (QED) is 0.425. The summed E-state index contributed by atoms with van der Waals surface area (Å²) >= 11 is 0. The Morgan fingerprint density at radius 1 is 1.06 bits per heavy atom. The highest BCUT2D eigenvalue weighted by molar-refractivity contribution is 5.89. The second-order valence-corrected chi connectivity index (χ2v) is 7.84. The van der Waals surface area contributed by atoms with E-state index in [-0.39, 0.29) is 23.2 Å². The zero-order valence-corrected chi connectivity index (χ0v) is 17.9. The molecule has 0 spiro atoms. The van der Waals surface area contributed by atoms with Gasteiger partial charge < -0.3 is 19.5 Å². The highest BCUT2D eigenvalue weighted by atomic mass is 19.3. The number of hydrogen-bond donors (Lipinski definition) is 1. The minimum atomic E-state index is -2.97. The molecule has 33 heavy (non-hydrogen) atoms. The molecule has 1 fully saturated rings. The molecule has 1 aliphatic carbocycles. The topological polar surface area (TPSA) is 71.9 Å². The van der Waals surface area contributed by atoms with Crippen LogP contribution in [0.3, 0.4) is 0 Å². The number of aromatic nitrogens is 1. The van der Waals surface area contributed by atoms with Gasteiger partial charge in [0.05, 0.1) is 11.7 Å². The van der Waals surface area contributed by atoms with Gasteiger partial charge in [-0.25, -0.2) is 4.79 Å². The van der Waals surface area contributed by atoms with Crippen molar-refractivity contribution in [1.29, 1.82) is 0 Å². The van der Waals surface area contributed by atoms with Crippen LogP contribution in [0.5, 0.6) is 11.5 Å². The van der Waals surface area contributed by atoms with Crippen LogP contribution in [0.15, 0.2) is 67.0 Å². The average molecular weight is 454 g/mol. The van der Waals surface area contributed by atoms with Crippen LogP contribution in [0, 0.1) is 0 Å². The third kappa shape index (κ3) is 5.77. The van der Waals surface area contributed by atoms with E-state index < -0.39 is 12.6 Å². The number of ether oxygens (including phenoxy) is 2. The summed E-state index contributed by atoms with van der Waals surface area (Å²) < 4.78 is 36.7. The first-order valence-electron chi connectivity index (χ1n) is 10.7. The van der Waals surface area contributed by atoms with Crippen molar-refractivity contribution in [3.8, 4) is 11.5 Å². The fourth-order valence-corrected chi connectivity index (χ4v) is 3.95. The molecule has 6 nitrogen and oxygen atoms in total. The Balaban J connectivity index is 1.74. The number of halogens is 2. The number of anilines is 2. The highest BCUT2D eigenvalue weighted by Gasteiger charge is 2.22. The molecule has 0 saturated heterocycles. The van der Waals surface area contributed by atoms with Gasteiger partial charge in [-0.05, 0) is 67.6 Å². The molecule has 0 aliphatic heterocycles. The summed E-state index contributed by atoms with van der Waals surface area (Å²) in [7, 11) is 0. The molecule has 0 amide bonds. The van der Waals surface area contributed by atoms with E-state index in [0.717, 1.165) is 31.2 Å². The second-order valence-electron chi connectivity index (χ2n) is 7.84. The zero-order chi connectivity index (χ0) is 23.2. The fraction of sp³-hybridized carbons (Fsp3) is 0.280. The predicted octanol–water partition coefficient (Wildman–Crippen LogP) is 6.04. The van der Waals surface area contributed by atoms with Gasteiger partial charge >= 0.3 is 12.6 Å². The molecule has 1 N–H and O–H groups in total. The Hall–Kier alpha value is -3.68. The summed E-state index contributed by atoms with van der Waals surface area (Å²) in [6, 6.07) is 15.1. The summed E-state index contributed by atoms with van der Waals surface area (Å²) in [5, 5.41) is 9.44. The van der Waals surface area contributed by atoms with Crippen LogP contribution in [0.1, 0.15) is 41.6 Å². The first-order valence-corrected chi connectivity index (χ1v) is 10.7. The second kappa shape index (κ2) is 10.3. The molecular weight excluding hydrogens is 430 g/mol. The number of carboxylic acids is 1. The van der Waals surface area contributed by atoms with Gasteiger partial charge in [-0.1, -0.05) is 12.1 Å². The minimum absolute atomic E-state index is 0.0266. The van der Waals surface area contributed by atoms with Crippen molar-refractivity contribution in [3.05, 3.63) is 78.1 Å². The normalized spacial score (nSPS) is 13.8. The maximum atomic E-state index is 13.0. The van der Waals surface area contributed by atoms with Gasteiger partial charge in [0.2, 0.25) is 0 Å². The number of nitrogens with zero attached hydrogens (tertiary/aromatic N) is 2. The number of alkyl halides is 2. The Kier molecular flexibility index (Phi) is 7.02. The van der Waals surface area contributed by atoms with Crippen LogP contribution < -0.4 is 14.4 Å². The molecule has 0 bridgehead atoms. The van der Waals surface area contributed by atoms with Crippen molar-refractivity contribution in [1.82, 2.24) is 4.98 Å². The molecule has 1 saturated carbocycles. The lowest BCUT2D eigenvalue weighted by Crippen LogP contribution is -2.18. The van der Waals surface area contributed by atoms with Crippen molar-refractivity contribution in [3.63, 3.8) is 0 Å². The Labute approximate surface area is 190 Å². The SMILES string of the molecule is O=C(O)c1cccc(N(Cc2cccnc2)c2ccc(OC(F)F)c(OC3CCCC3)c2)c1. The Morgan fingerprint density at radius 2 is 1.85 bits per heavy atom. The number of benzene rings is 2. The molecule has 172 valence electrons. The van der Waals surface area contributed by atoms with Crippen LogP contribution in [0.25, 0.3) is 0 Å². The average Bonchev–Trinajstić information content (AvgIpc) is 3.32. The molecular formula is C25H24F2N2O4. The third-order valence-electron chi connectivity index (χ3n) is 5.52. The predicted molar refractivity (Wildman–Crippen MR) is 119 cm³/mol. The van der Waals surface area contributed by atoms with Crippen LogP contribution in [0.2, 0.25) is 0 Å². The third-order valence-corrected chi connectivity index (χ3v) is 5.52. The summed E-state index contributed by atoms with van der Waals surface area (Å²) in [5.41, 5.74) is 2.32. The standard InChI is InChI=1S/C25H24F2N2O4/c26-25(27)33-22-11-10-20(14-23(22)32-21-8-1-2-9-21)29(16-17-5-4-12-28-15-17)19-7-3-6-18(13-19)24(30)31/h3-7,10-15,21,25H,1-2,8-9,16H2,(H,30,31). The summed E-state index contributed by atoms with van der Waals surface area (Å²) in [4.78, 5) is 17.6. The number of rotatable bonds is 9. The van der Waals surface area contributed by atoms with Crippen molar-refractivity contribution >= 4 is 17.3 Å². The molecule has 1 aliphatic rings. The summed E-state index contributed by atoms with van der Waals surface area (Å²) in [5.74, 6) is -0.823. The van der Waals surface area contributed by atoms with E-state index in [4.69, 9.17) is 9.47 Å². The van der Waals surface area contributed by atoms with Crippen LogP contribution >= 0.6 is 0 Å². The Morgan fingerprint density at radius 3 is 2.55 bits per heavy atom. The van der Waals surface area contributed by atoms with Crippen molar-refractivity contribution < 1.29 is 28.2 Å². The smallest absolute Gasteiger partial charge is 0.387 e. The van der Waals surface area contributed by atoms with E-state index >= 15 is 0 Å². The first-order chi connectivity index (χ1) is 16.0. The largest absolute Gasteiger partial charge is 0.486 e. The number of pyridine rings is 1. The van der Waals surface area contributed by atoms with E-state index in [9.17, 15) is 18.7 Å². The van der Waals surface area contributed by atoms with Crippen LogP contribution in [0.4, 0.5) is 20.2 Å². The van der Waals surface area contributed by atoms with Gasteiger partial charge in [-0.3, -0.25) is 4.98 Å². The Bertz CT molecular complexity index is 1090. The first kappa shape index (κ1) is 22.5. The van der Waals surface area contributed by atoms with Crippen LogP contribution in [-0.2, 0) is 6.54 Å². The van der Waals surface area contributed by atoms with Gasteiger partial charge in [-0.2, -0.15) is 8.78 Å². The molecule has 0 radical (unpaired) electrons. The lowest BCUT2D eigenvalue weighted by molar-refractivity contribution is -0.0520. The number of carbonyl (C=O) groups is 1. The number of aromatic carboxylic acids is 1. The molecule has 8 heteroatoms. The molecule has 0 atom stereocenters. The van der Waals surface area contributed by atoms with Gasteiger partial charge in [0.1, 0.15) is 0 Å². The van der Waals surface area contributed by atoms with Crippen molar-refractivity contribution in [2.45, 2.75) is 44.9 Å². The van der Waals surface area contributed by atoms with E-state index in [1.165, 1.54) is 12.1 Å². The lowest BCUT2D eigenvalue weighted by Gasteiger charge is -2.27. The molecule has 2 aromatic carbocycles. The van der Waals surface area contributed by atoms with Crippen molar-refractivity contribution in [2.75, 3.05) is 4.90 Å². The molecule has 4 rings (SSSR count). The maximum absolute atomic E-state index is 13.0. The van der Waals surface area contributed by atoms with E-state index in [1.54, 1.807) is 42.7 Å². The van der Waals surface area contributed by atoms with Gasteiger partial charge in [0.25, 0.3) is 0 Å². The van der Waals surface area contributed by atoms with Crippen LogP contribution in [-0.4, -0.2) is 28.8 Å². The molecule has 1 aromatic heterocycles. The molecule has 1 heterocycles. The highest BCUT2D eigenvalue weighted by Crippen LogP contribution is 2.38. The van der Waals surface area contributed by atoms with Gasteiger partial charge in [0, 0.05) is 36.4 Å². The van der Waals surface area contributed by atoms with Crippen molar-refractivity contribution in [2.24, 2.45) is 0 Å². The monoisotopic (exact) mass is 454 g/mol. The molecule has 0 unspecified atom stereocenters. The van der Waals surface area contributed by atoms with Gasteiger partial charge in [-0.15, -0.1) is 0 Å². The maximum Gasteiger partial charge on any atom is 0.387 e. The van der Waals surface area contributed by atoms with E-state index in [2.05, 4.69) is 4.98 Å².